The Morgan fingerprint density at radius 1 is 1.00 bits per heavy atom. The number of rotatable bonds is 12. The molecule has 0 radical (unpaired) electrons. The molecule has 1 amide bonds. The van der Waals surface area contributed by atoms with Crippen LogP contribution in [0.25, 0.3) is 11.3 Å². The van der Waals surface area contributed by atoms with Crippen LogP contribution in [-0.4, -0.2) is 28.9 Å². The Kier molecular flexibility index (Phi) is 9.65. The molecule has 0 unspecified atom stereocenters. The molecule has 0 saturated carbocycles. The molecule has 186 valence electrons. The Balaban J connectivity index is 1.46. The fourth-order valence-corrected chi connectivity index (χ4v) is 3.68. The maximum Gasteiger partial charge on any atom is 0.289 e. The molecule has 0 fully saturated rings. The number of nitrogens with zero attached hydrogens (tertiary/aromatic N) is 2. The van der Waals surface area contributed by atoms with Gasteiger partial charge in [-0.2, -0.15) is 10.2 Å². The summed E-state index contributed by atoms with van der Waals surface area (Å²) >= 11 is 0. The number of carbonyl (C=O) groups excluding carboxylic acids is 1. The number of aromatic nitrogens is 2. The van der Waals surface area contributed by atoms with Gasteiger partial charge in [-0.05, 0) is 53.3 Å². The van der Waals surface area contributed by atoms with E-state index in [0.29, 0.717) is 11.4 Å². The molecule has 1 aromatic heterocycles. The first kappa shape index (κ1) is 26.2. The van der Waals surface area contributed by atoms with Gasteiger partial charge in [0.05, 0.1) is 18.5 Å². The van der Waals surface area contributed by atoms with Crippen LogP contribution in [0.1, 0.15) is 87.8 Å². The summed E-state index contributed by atoms with van der Waals surface area (Å²) in [6.07, 6.45) is 9.10. The minimum absolute atomic E-state index is 0.100. The summed E-state index contributed by atoms with van der Waals surface area (Å²) in [4.78, 5) is 12.4. The van der Waals surface area contributed by atoms with Crippen molar-refractivity contribution in [3.05, 3.63) is 71.4 Å². The molecule has 0 atom stereocenters. The molecule has 3 rings (SSSR count). The van der Waals surface area contributed by atoms with Crippen LogP contribution in [0.2, 0.25) is 0 Å². The van der Waals surface area contributed by atoms with Gasteiger partial charge in [-0.1, -0.05) is 84.1 Å². The molecule has 35 heavy (non-hydrogen) atoms. The van der Waals surface area contributed by atoms with Crippen LogP contribution in [0.15, 0.2) is 59.7 Å². The highest BCUT2D eigenvalue weighted by molar-refractivity contribution is 5.94. The summed E-state index contributed by atoms with van der Waals surface area (Å²) in [5.41, 5.74) is 6.78. The summed E-state index contributed by atoms with van der Waals surface area (Å²) in [6, 6.07) is 17.6. The van der Waals surface area contributed by atoms with Crippen LogP contribution < -0.4 is 10.2 Å². The van der Waals surface area contributed by atoms with E-state index in [1.807, 2.05) is 36.4 Å². The number of hydrogen-bond donors (Lipinski definition) is 2. The third kappa shape index (κ3) is 8.39. The third-order valence-corrected chi connectivity index (χ3v) is 5.90. The molecule has 0 aliphatic carbocycles. The van der Waals surface area contributed by atoms with Gasteiger partial charge in [0, 0.05) is 5.56 Å². The first-order valence-corrected chi connectivity index (χ1v) is 12.6. The van der Waals surface area contributed by atoms with Crippen molar-refractivity contribution in [1.29, 1.82) is 0 Å². The SMILES string of the molecule is CCCCCCCCOc1ccc(-c2cc(C(=O)NN=Cc3ccc(C(C)(C)C)cc3)[nH]n2)cc1. The molecule has 2 aromatic carbocycles. The molecule has 6 heteroatoms. The minimum Gasteiger partial charge on any atom is -0.494 e. The fourth-order valence-electron chi connectivity index (χ4n) is 3.68. The van der Waals surface area contributed by atoms with E-state index in [0.717, 1.165) is 29.9 Å². The van der Waals surface area contributed by atoms with E-state index < -0.39 is 0 Å². The number of hydrazone groups is 1. The number of ether oxygens (including phenoxy) is 1. The highest BCUT2D eigenvalue weighted by atomic mass is 16.5. The highest BCUT2D eigenvalue weighted by Gasteiger charge is 2.13. The molecular weight excluding hydrogens is 436 g/mol. The fraction of sp³-hybridized carbons (Fsp3) is 0.414. The number of benzene rings is 2. The molecule has 0 bridgehead atoms. The zero-order valence-corrected chi connectivity index (χ0v) is 21.4. The average molecular weight is 475 g/mol. The van der Waals surface area contributed by atoms with Gasteiger partial charge < -0.3 is 4.74 Å². The molecule has 0 aliphatic rings. The van der Waals surface area contributed by atoms with Gasteiger partial charge in [0.15, 0.2) is 0 Å². The molecule has 3 aromatic rings. The summed E-state index contributed by atoms with van der Waals surface area (Å²) in [7, 11) is 0. The number of H-pyrrole nitrogens is 1. The Morgan fingerprint density at radius 3 is 2.37 bits per heavy atom. The van der Waals surface area contributed by atoms with Gasteiger partial charge in [-0.25, -0.2) is 5.43 Å². The van der Waals surface area contributed by atoms with Crippen LogP contribution in [0, 0.1) is 0 Å². The van der Waals surface area contributed by atoms with Crippen molar-refractivity contribution in [3.63, 3.8) is 0 Å². The maximum atomic E-state index is 12.4. The molecule has 2 N–H and O–H groups in total. The first-order chi connectivity index (χ1) is 16.9. The zero-order chi connectivity index (χ0) is 25.1. The second kappa shape index (κ2) is 12.9. The lowest BCUT2D eigenvalue weighted by Crippen LogP contribution is -2.18. The topological polar surface area (TPSA) is 79.4 Å². The van der Waals surface area contributed by atoms with E-state index in [1.54, 1.807) is 12.3 Å². The monoisotopic (exact) mass is 474 g/mol. The van der Waals surface area contributed by atoms with Gasteiger partial charge in [-0.15, -0.1) is 0 Å². The van der Waals surface area contributed by atoms with E-state index in [-0.39, 0.29) is 11.3 Å². The lowest BCUT2D eigenvalue weighted by atomic mass is 9.87. The van der Waals surface area contributed by atoms with Gasteiger partial charge in [0.2, 0.25) is 0 Å². The smallest absolute Gasteiger partial charge is 0.289 e. The van der Waals surface area contributed by atoms with Crippen molar-refractivity contribution in [3.8, 4) is 17.0 Å². The first-order valence-electron chi connectivity index (χ1n) is 12.6. The zero-order valence-electron chi connectivity index (χ0n) is 21.4. The normalized spacial score (nSPS) is 11.7. The van der Waals surface area contributed by atoms with Crippen molar-refractivity contribution < 1.29 is 9.53 Å². The quantitative estimate of drug-likeness (QED) is 0.171. The molecular formula is C29H38N4O2. The van der Waals surface area contributed by atoms with E-state index in [2.05, 4.69) is 60.6 Å². The van der Waals surface area contributed by atoms with Gasteiger partial charge in [-0.3, -0.25) is 9.89 Å². The van der Waals surface area contributed by atoms with Crippen LogP contribution in [0.3, 0.4) is 0 Å². The molecule has 1 heterocycles. The number of unbranched alkanes of at least 4 members (excludes halogenated alkanes) is 5. The summed E-state index contributed by atoms with van der Waals surface area (Å²) in [6.45, 7) is 9.49. The van der Waals surface area contributed by atoms with Crippen molar-refractivity contribution in [2.75, 3.05) is 6.61 Å². The summed E-state index contributed by atoms with van der Waals surface area (Å²) in [5, 5.41) is 11.1. The lowest BCUT2D eigenvalue weighted by Gasteiger charge is -2.18. The number of aromatic amines is 1. The van der Waals surface area contributed by atoms with Gasteiger partial charge in [0.1, 0.15) is 11.4 Å². The van der Waals surface area contributed by atoms with E-state index in [1.165, 1.54) is 37.7 Å². The number of carbonyl (C=O) groups is 1. The number of hydrogen-bond acceptors (Lipinski definition) is 4. The van der Waals surface area contributed by atoms with Crippen molar-refractivity contribution in [2.24, 2.45) is 5.10 Å². The molecule has 0 aliphatic heterocycles. The molecule has 0 saturated heterocycles. The third-order valence-electron chi connectivity index (χ3n) is 5.90. The van der Waals surface area contributed by atoms with E-state index in [9.17, 15) is 4.79 Å². The van der Waals surface area contributed by atoms with Crippen molar-refractivity contribution >= 4 is 12.1 Å². The highest BCUT2D eigenvalue weighted by Crippen LogP contribution is 2.23. The number of amides is 1. The Labute approximate surface area is 209 Å². The second-order valence-corrected chi connectivity index (χ2v) is 9.88. The lowest BCUT2D eigenvalue weighted by molar-refractivity contribution is 0.0950. The van der Waals surface area contributed by atoms with Crippen LogP contribution in [0.4, 0.5) is 0 Å². The maximum absolute atomic E-state index is 12.4. The van der Waals surface area contributed by atoms with E-state index >= 15 is 0 Å². The Bertz CT molecular complexity index is 1080. The van der Waals surface area contributed by atoms with E-state index in [4.69, 9.17) is 4.74 Å². The van der Waals surface area contributed by atoms with Crippen LogP contribution in [0.5, 0.6) is 5.75 Å². The predicted molar refractivity (Wildman–Crippen MR) is 143 cm³/mol. The van der Waals surface area contributed by atoms with Gasteiger partial charge >= 0.3 is 0 Å². The standard InChI is InChI=1S/C29H38N4O2/c1-5-6-7-8-9-10-19-35-25-17-13-23(14-18-25)26-20-27(32-31-26)28(34)33-30-21-22-11-15-24(16-12-22)29(2,3)4/h11-18,20-21H,5-10,19H2,1-4H3,(H,31,32)(H,33,34). The molecule has 6 nitrogen and oxygen atoms in total. The van der Waals surface area contributed by atoms with Gasteiger partial charge in [0.25, 0.3) is 5.91 Å². The van der Waals surface area contributed by atoms with Crippen molar-refractivity contribution in [1.82, 2.24) is 15.6 Å². The molecule has 0 spiro atoms. The summed E-state index contributed by atoms with van der Waals surface area (Å²) < 4.78 is 5.84. The predicted octanol–water partition coefficient (Wildman–Crippen LogP) is 6.88. The summed E-state index contributed by atoms with van der Waals surface area (Å²) in [5.74, 6) is 0.505. The largest absolute Gasteiger partial charge is 0.494 e. The van der Waals surface area contributed by atoms with Crippen molar-refractivity contribution in [2.45, 2.75) is 71.6 Å². The second-order valence-electron chi connectivity index (χ2n) is 9.88. The van der Waals surface area contributed by atoms with Crippen LogP contribution in [-0.2, 0) is 5.41 Å². The Hall–Kier alpha value is -3.41. The van der Waals surface area contributed by atoms with Crippen LogP contribution >= 0.6 is 0 Å². The number of nitrogens with one attached hydrogen (secondary N) is 2. The average Bonchev–Trinajstić information content (AvgIpc) is 3.34. The Morgan fingerprint density at radius 2 is 1.69 bits per heavy atom. The minimum atomic E-state index is -0.342.